The zero-order valence-corrected chi connectivity index (χ0v) is 28.5. The summed E-state index contributed by atoms with van der Waals surface area (Å²) in [5, 5.41) is 5.61. The van der Waals surface area contributed by atoms with Crippen molar-refractivity contribution in [1.82, 2.24) is 10.2 Å². The SMILES string of the molecule is C=C(C)c1ccc(C)cc1-c1c(OP(=O)(CCC(C)=O)NC)cc(CCCCC)cc1OP(=O)(CCC(=O)OCC)NC. The Morgan fingerprint density at radius 3 is 1.95 bits per heavy atom. The molecule has 0 fully saturated rings. The minimum atomic E-state index is -3.61. The van der Waals surface area contributed by atoms with Gasteiger partial charge in [-0.15, -0.1) is 0 Å². The molecule has 2 atom stereocenters. The number of esters is 1. The first-order chi connectivity index (χ1) is 20.3. The summed E-state index contributed by atoms with van der Waals surface area (Å²) in [5.41, 5.74) is 4.58. The summed E-state index contributed by atoms with van der Waals surface area (Å²) in [6.45, 7) is 13.5. The first kappa shape index (κ1) is 36.5. The second-order valence-corrected chi connectivity index (χ2v) is 15.5. The summed E-state index contributed by atoms with van der Waals surface area (Å²) in [5.74, 6) is -0.0153. The lowest BCUT2D eigenvalue weighted by Gasteiger charge is -2.26. The third-order valence-corrected chi connectivity index (χ3v) is 10.9. The van der Waals surface area contributed by atoms with E-state index in [0.29, 0.717) is 17.5 Å². The van der Waals surface area contributed by atoms with Crippen LogP contribution in [0, 0.1) is 6.92 Å². The number of hydrogen-bond donors (Lipinski definition) is 2. The number of aryl methyl sites for hydroxylation is 2. The van der Waals surface area contributed by atoms with E-state index in [9.17, 15) is 18.7 Å². The first-order valence-corrected chi connectivity index (χ1v) is 18.5. The van der Waals surface area contributed by atoms with Gasteiger partial charge in [0.2, 0.25) is 0 Å². The van der Waals surface area contributed by atoms with Crippen LogP contribution in [0.4, 0.5) is 0 Å². The van der Waals surface area contributed by atoms with Crippen molar-refractivity contribution in [2.45, 2.75) is 73.1 Å². The summed E-state index contributed by atoms with van der Waals surface area (Å²) < 4.78 is 45.7. The van der Waals surface area contributed by atoms with Gasteiger partial charge in [-0.2, -0.15) is 0 Å². The molecule has 2 rings (SSSR count). The van der Waals surface area contributed by atoms with Gasteiger partial charge in [0, 0.05) is 6.42 Å². The zero-order valence-electron chi connectivity index (χ0n) is 26.7. The van der Waals surface area contributed by atoms with E-state index < -0.39 is 21.0 Å². The lowest BCUT2D eigenvalue weighted by molar-refractivity contribution is -0.142. The van der Waals surface area contributed by atoms with Crippen molar-refractivity contribution in [3.05, 3.63) is 53.6 Å². The predicted octanol–water partition coefficient (Wildman–Crippen LogP) is 7.94. The average Bonchev–Trinajstić information content (AvgIpc) is 2.95. The molecule has 0 spiro atoms. The minimum Gasteiger partial charge on any atom is -0.466 e. The van der Waals surface area contributed by atoms with Crippen molar-refractivity contribution in [2.24, 2.45) is 0 Å². The van der Waals surface area contributed by atoms with Crippen LogP contribution >= 0.6 is 15.0 Å². The van der Waals surface area contributed by atoms with Gasteiger partial charge in [0.15, 0.2) is 0 Å². The fraction of sp³-hybridized carbons (Fsp3) is 0.500. The van der Waals surface area contributed by atoms with Crippen LogP contribution in [0.25, 0.3) is 16.7 Å². The van der Waals surface area contributed by atoms with Crippen LogP contribution in [0.3, 0.4) is 0 Å². The molecule has 0 heterocycles. The minimum absolute atomic E-state index is 0.00420. The summed E-state index contributed by atoms with van der Waals surface area (Å²) in [4.78, 5) is 23.9. The van der Waals surface area contributed by atoms with E-state index >= 15 is 0 Å². The molecular weight excluding hydrogens is 586 g/mol. The fourth-order valence-electron chi connectivity index (χ4n) is 4.51. The van der Waals surface area contributed by atoms with E-state index in [0.717, 1.165) is 41.5 Å². The van der Waals surface area contributed by atoms with E-state index in [1.165, 1.54) is 14.0 Å². The van der Waals surface area contributed by atoms with E-state index in [2.05, 4.69) is 23.7 Å². The van der Waals surface area contributed by atoms with E-state index in [1.807, 2.05) is 44.2 Å². The van der Waals surface area contributed by atoms with Crippen LogP contribution in [0.1, 0.15) is 76.5 Å². The van der Waals surface area contributed by atoms with Crippen LogP contribution in [-0.2, 0) is 29.9 Å². The maximum absolute atomic E-state index is 14.0. The number of rotatable bonds is 19. The second-order valence-electron chi connectivity index (χ2n) is 10.7. The molecule has 2 aromatic carbocycles. The quantitative estimate of drug-likeness (QED) is 0.0901. The van der Waals surface area contributed by atoms with Crippen molar-refractivity contribution < 1.29 is 32.5 Å². The first-order valence-electron chi connectivity index (χ1n) is 14.8. The van der Waals surface area contributed by atoms with E-state index in [1.54, 1.807) is 14.0 Å². The lowest BCUT2D eigenvalue weighted by atomic mass is 9.91. The van der Waals surface area contributed by atoms with Crippen molar-refractivity contribution >= 4 is 32.4 Å². The normalized spacial score (nSPS) is 13.9. The number of unbranched alkanes of at least 4 members (excludes halogenated alkanes) is 2. The highest BCUT2D eigenvalue weighted by molar-refractivity contribution is 7.57. The largest absolute Gasteiger partial charge is 0.466 e. The standard InChI is InChI=1S/C32H48N2O7P2/c1-9-11-12-13-26-21-29(40-42(37,33-7)18-16-25(6)35)32(28-20-24(5)14-15-27(28)23(3)4)30(22-26)41-43(38,34-8)19-17-31(36)39-10-2/h14-15,20-22H,3,9-13,16-19H2,1-2,4-8H3,(H,33,37)(H,34,38). The van der Waals surface area contributed by atoms with Gasteiger partial charge < -0.3 is 18.6 Å². The van der Waals surface area contributed by atoms with Gasteiger partial charge in [-0.1, -0.05) is 55.7 Å². The molecule has 2 aromatic rings. The summed E-state index contributed by atoms with van der Waals surface area (Å²) >= 11 is 0. The molecule has 0 amide bonds. The molecule has 0 aromatic heterocycles. The molecule has 0 aliphatic heterocycles. The molecule has 0 bridgehead atoms. The predicted molar refractivity (Wildman–Crippen MR) is 175 cm³/mol. The molecule has 11 heteroatoms. The highest BCUT2D eigenvalue weighted by Gasteiger charge is 2.31. The Bertz CT molecular complexity index is 1390. The molecule has 2 unspecified atom stereocenters. The summed E-state index contributed by atoms with van der Waals surface area (Å²) in [7, 11) is -4.08. The molecule has 0 saturated heterocycles. The molecule has 238 valence electrons. The molecular formula is C32H48N2O7P2. The zero-order chi connectivity index (χ0) is 32.2. The number of carbonyl (C=O) groups is 2. The van der Waals surface area contributed by atoms with Crippen LogP contribution in [-0.4, -0.2) is 44.8 Å². The second kappa shape index (κ2) is 17.0. The van der Waals surface area contributed by atoms with Gasteiger partial charge in [0.05, 0.1) is 30.9 Å². The number of Topliss-reactive ketones (excluding diaryl/α,β-unsaturated/α-hetero) is 1. The number of hydrogen-bond acceptors (Lipinski definition) is 7. The molecule has 0 aliphatic rings. The Morgan fingerprint density at radius 1 is 0.884 bits per heavy atom. The van der Waals surface area contributed by atoms with Gasteiger partial charge >= 0.3 is 21.0 Å². The Balaban J connectivity index is 2.87. The molecule has 0 aliphatic carbocycles. The Morgan fingerprint density at radius 2 is 1.47 bits per heavy atom. The van der Waals surface area contributed by atoms with Crippen LogP contribution in [0.5, 0.6) is 11.5 Å². The average molecular weight is 635 g/mol. The molecule has 0 radical (unpaired) electrons. The van der Waals surface area contributed by atoms with Gasteiger partial charge in [0.1, 0.15) is 17.3 Å². The van der Waals surface area contributed by atoms with Crippen molar-refractivity contribution in [1.29, 1.82) is 0 Å². The van der Waals surface area contributed by atoms with Crippen molar-refractivity contribution in [3.63, 3.8) is 0 Å². The third kappa shape index (κ3) is 11.1. The Kier molecular flexibility index (Phi) is 14.4. The van der Waals surface area contributed by atoms with Gasteiger partial charge in [-0.25, -0.2) is 10.2 Å². The van der Waals surface area contributed by atoms with Gasteiger partial charge in [-0.05, 0) is 83.5 Å². The van der Waals surface area contributed by atoms with E-state index in [4.69, 9.17) is 13.8 Å². The van der Waals surface area contributed by atoms with Crippen molar-refractivity contribution in [2.75, 3.05) is 33.0 Å². The monoisotopic (exact) mass is 634 g/mol. The number of carbonyl (C=O) groups excluding carboxylic acids is 2. The molecule has 2 N–H and O–H groups in total. The van der Waals surface area contributed by atoms with Crippen LogP contribution < -0.4 is 19.2 Å². The van der Waals surface area contributed by atoms with Crippen LogP contribution in [0.2, 0.25) is 0 Å². The number of ether oxygens (including phenoxy) is 1. The van der Waals surface area contributed by atoms with Gasteiger partial charge in [0.25, 0.3) is 0 Å². The highest BCUT2D eigenvalue weighted by Crippen LogP contribution is 2.54. The molecule has 43 heavy (non-hydrogen) atoms. The maximum Gasteiger partial charge on any atom is 0.316 e. The van der Waals surface area contributed by atoms with Gasteiger partial charge in [-0.3, -0.25) is 13.9 Å². The highest BCUT2D eigenvalue weighted by atomic mass is 31.2. The number of ketones is 1. The van der Waals surface area contributed by atoms with Crippen LogP contribution in [0.15, 0.2) is 36.9 Å². The van der Waals surface area contributed by atoms with Crippen molar-refractivity contribution in [3.8, 4) is 22.6 Å². The number of nitrogens with one attached hydrogen (secondary N) is 2. The third-order valence-electron chi connectivity index (χ3n) is 6.95. The lowest BCUT2D eigenvalue weighted by Crippen LogP contribution is -2.17. The van der Waals surface area contributed by atoms with E-state index in [-0.39, 0.29) is 49.1 Å². The summed E-state index contributed by atoms with van der Waals surface area (Å²) in [6.07, 6.45) is 3.52. The molecule has 0 saturated carbocycles. The maximum atomic E-state index is 14.0. The number of allylic oxidation sites excluding steroid dienone is 1. The summed E-state index contributed by atoms with van der Waals surface area (Å²) in [6, 6.07) is 9.57. The number of benzene rings is 2. The fourth-order valence-corrected chi connectivity index (χ4v) is 7.34. The Labute approximate surface area is 257 Å². The smallest absolute Gasteiger partial charge is 0.316 e. The molecule has 9 nitrogen and oxygen atoms in total. The Hall–Kier alpha value is -2.70. The topological polar surface area (TPSA) is 120 Å².